The average molecular weight is 326 g/mol. The van der Waals surface area contributed by atoms with Crippen LogP contribution in [0.5, 0.6) is 5.88 Å². The summed E-state index contributed by atoms with van der Waals surface area (Å²) in [5.41, 5.74) is -0.160. The SMILES string of the molecule is O=c1nc2ccc3c(O)n(CCOCCO)c(=O)c4ccc1c2c34. The third-order valence-electron chi connectivity index (χ3n) is 4.26. The third-order valence-corrected chi connectivity index (χ3v) is 4.26. The second-order valence-corrected chi connectivity index (χ2v) is 5.58. The lowest BCUT2D eigenvalue weighted by atomic mass is 10.00. The van der Waals surface area contributed by atoms with Crippen molar-refractivity contribution in [1.82, 2.24) is 9.55 Å². The van der Waals surface area contributed by atoms with Gasteiger partial charge < -0.3 is 14.9 Å². The number of pyridine rings is 1. The molecule has 0 saturated carbocycles. The van der Waals surface area contributed by atoms with Crippen LogP contribution >= 0.6 is 0 Å². The highest BCUT2D eigenvalue weighted by molar-refractivity contribution is 6.23. The molecular formula is C17H14N2O5. The summed E-state index contributed by atoms with van der Waals surface area (Å²) in [6.07, 6.45) is 0. The fourth-order valence-corrected chi connectivity index (χ4v) is 3.20. The quantitative estimate of drug-likeness (QED) is 0.522. The Morgan fingerprint density at radius 2 is 1.75 bits per heavy atom. The number of ether oxygens (including phenoxy) is 1. The van der Waals surface area contributed by atoms with Crippen LogP contribution in [0.1, 0.15) is 0 Å². The monoisotopic (exact) mass is 326 g/mol. The van der Waals surface area contributed by atoms with Crippen LogP contribution in [0.3, 0.4) is 0 Å². The number of hydrogen-bond acceptors (Lipinski definition) is 6. The van der Waals surface area contributed by atoms with Gasteiger partial charge in [-0.3, -0.25) is 14.2 Å². The number of aromatic hydroxyl groups is 1. The minimum atomic E-state index is -0.351. The largest absolute Gasteiger partial charge is 0.494 e. The van der Waals surface area contributed by atoms with Crippen molar-refractivity contribution in [1.29, 1.82) is 0 Å². The van der Waals surface area contributed by atoms with Crippen molar-refractivity contribution < 1.29 is 14.9 Å². The first-order valence-electron chi connectivity index (χ1n) is 7.56. The standard InChI is InChI=1S/C17H14N2O5/c20-6-8-24-7-5-19-16(22)10-2-1-9-14-12(18-15(9)21)4-3-11(13(10)14)17(19)23/h1-4,20,23H,5-8H2. The highest BCUT2D eigenvalue weighted by atomic mass is 16.5. The first-order chi connectivity index (χ1) is 11.6. The number of rotatable bonds is 5. The topological polar surface area (TPSA) is 102 Å². The molecule has 0 aliphatic carbocycles. The fourth-order valence-electron chi connectivity index (χ4n) is 3.20. The highest BCUT2D eigenvalue weighted by Gasteiger charge is 2.19. The molecule has 0 radical (unpaired) electrons. The van der Waals surface area contributed by atoms with Crippen LogP contribution in [0.2, 0.25) is 0 Å². The number of benzene rings is 2. The van der Waals surface area contributed by atoms with Gasteiger partial charge in [0.2, 0.25) is 5.88 Å². The second kappa shape index (κ2) is 5.40. The summed E-state index contributed by atoms with van der Waals surface area (Å²) in [5, 5.41) is 21.8. The lowest BCUT2D eigenvalue weighted by Crippen LogP contribution is -2.23. The van der Waals surface area contributed by atoms with Gasteiger partial charge in [-0.1, -0.05) is 0 Å². The fraction of sp³-hybridized carbons (Fsp3) is 0.235. The van der Waals surface area contributed by atoms with E-state index in [1.165, 1.54) is 4.57 Å². The Kier molecular flexibility index (Phi) is 3.33. The van der Waals surface area contributed by atoms with Crippen molar-refractivity contribution in [3.63, 3.8) is 0 Å². The molecule has 0 atom stereocenters. The number of aliphatic hydroxyl groups excluding tert-OH is 1. The Morgan fingerprint density at radius 3 is 2.54 bits per heavy atom. The Hall–Kier alpha value is -2.77. The molecule has 7 nitrogen and oxygen atoms in total. The molecule has 0 unspecified atom stereocenters. The molecule has 0 fully saturated rings. The van der Waals surface area contributed by atoms with E-state index in [1.807, 2.05) is 0 Å². The van der Waals surface area contributed by atoms with Crippen molar-refractivity contribution in [3.8, 4) is 5.88 Å². The van der Waals surface area contributed by atoms with E-state index in [2.05, 4.69) is 4.98 Å². The molecule has 2 aromatic heterocycles. The highest BCUT2D eigenvalue weighted by Crippen LogP contribution is 2.35. The van der Waals surface area contributed by atoms with Crippen LogP contribution in [0.15, 0.2) is 33.9 Å². The molecule has 4 aromatic rings. The van der Waals surface area contributed by atoms with Crippen molar-refractivity contribution in [2.45, 2.75) is 6.54 Å². The zero-order valence-corrected chi connectivity index (χ0v) is 12.7. The lowest BCUT2D eigenvalue weighted by molar-refractivity contribution is 0.0856. The maximum atomic E-state index is 12.7. The number of nitrogens with zero attached hydrogens (tertiary/aromatic N) is 2. The molecule has 0 bridgehead atoms. The first-order valence-corrected chi connectivity index (χ1v) is 7.56. The van der Waals surface area contributed by atoms with Crippen LogP contribution in [0.25, 0.3) is 32.4 Å². The molecule has 2 N–H and O–H groups in total. The van der Waals surface area contributed by atoms with Crippen LogP contribution in [-0.2, 0) is 11.3 Å². The first kappa shape index (κ1) is 14.8. The van der Waals surface area contributed by atoms with E-state index in [4.69, 9.17) is 9.84 Å². The van der Waals surface area contributed by atoms with Crippen LogP contribution < -0.4 is 11.1 Å². The summed E-state index contributed by atoms with van der Waals surface area (Å²) in [6, 6.07) is 6.53. The Labute approximate surface area is 135 Å². The zero-order chi connectivity index (χ0) is 16.8. The van der Waals surface area contributed by atoms with Gasteiger partial charge in [-0.05, 0) is 24.3 Å². The summed E-state index contributed by atoms with van der Waals surface area (Å²) < 4.78 is 6.42. The maximum absolute atomic E-state index is 12.7. The molecule has 24 heavy (non-hydrogen) atoms. The van der Waals surface area contributed by atoms with E-state index in [0.717, 1.165) is 0 Å². The van der Waals surface area contributed by atoms with Crippen molar-refractivity contribution >= 4 is 32.4 Å². The molecule has 122 valence electrons. The molecule has 0 amide bonds. The van der Waals surface area contributed by atoms with Gasteiger partial charge in [0.25, 0.3) is 11.1 Å². The maximum Gasteiger partial charge on any atom is 0.278 e. The van der Waals surface area contributed by atoms with Crippen LogP contribution in [0, 0.1) is 0 Å². The van der Waals surface area contributed by atoms with Gasteiger partial charge in [0.1, 0.15) is 0 Å². The van der Waals surface area contributed by atoms with Gasteiger partial charge in [0, 0.05) is 21.5 Å². The molecule has 2 aromatic carbocycles. The number of aromatic nitrogens is 2. The molecule has 0 spiro atoms. The Balaban J connectivity index is 2.00. The van der Waals surface area contributed by atoms with Gasteiger partial charge in [-0.2, -0.15) is 0 Å². The summed E-state index contributed by atoms with van der Waals surface area (Å²) in [7, 11) is 0. The van der Waals surface area contributed by atoms with E-state index in [-0.39, 0.29) is 43.4 Å². The molecule has 0 aliphatic rings. The third kappa shape index (κ3) is 1.95. The molecule has 2 heterocycles. The van der Waals surface area contributed by atoms with E-state index in [9.17, 15) is 14.7 Å². The molecule has 0 saturated heterocycles. The summed E-state index contributed by atoms with van der Waals surface area (Å²) in [5.74, 6) is -0.164. The smallest absolute Gasteiger partial charge is 0.278 e. The average Bonchev–Trinajstić information content (AvgIpc) is 2.91. The van der Waals surface area contributed by atoms with E-state index in [0.29, 0.717) is 32.4 Å². The van der Waals surface area contributed by atoms with Gasteiger partial charge in [0.05, 0.1) is 37.3 Å². The predicted molar refractivity (Wildman–Crippen MR) is 89.2 cm³/mol. The normalized spacial score (nSPS) is 12.0. The van der Waals surface area contributed by atoms with Crippen molar-refractivity contribution in [3.05, 3.63) is 45.0 Å². The molecular weight excluding hydrogens is 312 g/mol. The minimum Gasteiger partial charge on any atom is -0.494 e. The second-order valence-electron chi connectivity index (χ2n) is 5.58. The van der Waals surface area contributed by atoms with Gasteiger partial charge in [-0.25, -0.2) is 4.98 Å². The van der Waals surface area contributed by atoms with E-state index in [1.54, 1.807) is 24.3 Å². The Morgan fingerprint density at radius 1 is 1.00 bits per heavy atom. The number of aliphatic hydroxyl groups is 1. The van der Waals surface area contributed by atoms with Crippen LogP contribution in [-0.4, -0.2) is 39.6 Å². The zero-order valence-electron chi connectivity index (χ0n) is 12.7. The summed E-state index contributed by atoms with van der Waals surface area (Å²) in [6.45, 7) is 0.428. The van der Waals surface area contributed by atoms with Crippen molar-refractivity contribution in [2.75, 3.05) is 19.8 Å². The van der Waals surface area contributed by atoms with Gasteiger partial charge in [-0.15, -0.1) is 0 Å². The van der Waals surface area contributed by atoms with Crippen LogP contribution in [0.4, 0.5) is 0 Å². The lowest BCUT2D eigenvalue weighted by Gasteiger charge is -2.14. The molecule has 4 rings (SSSR count). The summed E-state index contributed by atoms with van der Waals surface area (Å²) >= 11 is 0. The molecule has 7 heteroatoms. The van der Waals surface area contributed by atoms with E-state index < -0.39 is 0 Å². The van der Waals surface area contributed by atoms with Crippen molar-refractivity contribution in [2.24, 2.45) is 0 Å². The number of hydrogen-bond donors (Lipinski definition) is 2. The Bertz CT molecular complexity index is 1150. The van der Waals surface area contributed by atoms with E-state index >= 15 is 0 Å². The minimum absolute atomic E-state index is 0.102. The molecule has 0 aliphatic heterocycles. The predicted octanol–water partition coefficient (Wildman–Crippen LogP) is 0.653. The van der Waals surface area contributed by atoms with Gasteiger partial charge in [0.15, 0.2) is 0 Å². The van der Waals surface area contributed by atoms with Gasteiger partial charge >= 0.3 is 0 Å². The summed E-state index contributed by atoms with van der Waals surface area (Å²) in [4.78, 5) is 28.6.